The molecule has 2 fully saturated rings. The fraction of sp³-hybridized carbons (Fsp3) is 0.500. The quantitative estimate of drug-likeness (QED) is 0.798. The molecule has 0 N–H and O–H groups in total. The lowest BCUT2D eigenvalue weighted by atomic mass is 9.90. The molecule has 1 aromatic carbocycles. The molecule has 0 spiro atoms. The van der Waals surface area contributed by atoms with Crippen molar-refractivity contribution >= 4 is 11.6 Å². The van der Waals surface area contributed by atoms with Gasteiger partial charge in [-0.1, -0.05) is 0 Å². The maximum Gasteiger partial charge on any atom is 0.417 e. The van der Waals surface area contributed by atoms with E-state index in [1.54, 1.807) is 18.0 Å². The Morgan fingerprint density at radius 3 is 2.74 bits per heavy atom. The second kappa shape index (κ2) is 5.44. The van der Waals surface area contributed by atoms with Gasteiger partial charge in [0.1, 0.15) is 0 Å². The maximum absolute atomic E-state index is 12.9. The van der Waals surface area contributed by atoms with Gasteiger partial charge in [0.15, 0.2) is 0 Å². The number of amides is 1. The Hall–Kier alpha value is -2.23. The summed E-state index contributed by atoms with van der Waals surface area (Å²) in [6.45, 7) is 1.24. The molecule has 1 amide bonds. The molecule has 4 nitrogen and oxygen atoms in total. The van der Waals surface area contributed by atoms with Gasteiger partial charge < -0.3 is 9.80 Å². The van der Waals surface area contributed by atoms with Gasteiger partial charge in [0.05, 0.1) is 29.2 Å². The number of likely N-dealkylation sites (N-methyl/N-ethyl adjacent to an activating group) is 1. The van der Waals surface area contributed by atoms with E-state index in [0.29, 0.717) is 18.8 Å². The number of alkyl halides is 3. The van der Waals surface area contributed by atoms with Gasteiger partial charge in [0.2, 0.25) is 5.91 Å². The summed E-state index contributed by atoms with van der Waals surface area (Å²) < 4.78 is 38.7. The number of nitrogens with zero attached hydrogens (tertiary/aromatic N) is 3. The highest BCUT2D eigenvalue weighted by Crippen LogP contribution is 2.37. The van der Waals surface area contributed by atoms with Crippen molar-refractivity contribution in [1.29, 1.82) is 5.26 Å². The number of benzene rings is 1. The van der Waals surface area contributed by atoms with Crippen LogP contribution in [0.15, 0.2) is 18.2 Å². The molecule has 1 aromatic rings. The molecule has 0 saturated carbocycles. The molecular weight excluding hydrogens is 307 g/mol. The van der Waals surface area contributed by atoms with Gasteiger partial charge in [0, 0.05) is 25.8 Å². The van der Waals surface area contributed by atoms with Crippen molar-refractivity contribution in [1.82, 2.24) is 4.90 Å². The number of fused-ring (bicyclic) bond motifs is 1. The topological polar surface area (TPSA) is 47.3 Å². The van der Waals surface area contributed by atoms with Crippen molar-refractivity contribution < 1.29 is 18.0 Å². The Morgan fingerprint density at radius 1 is 1.35 bits per heavy atom. The van der Waals surface area contributed by atoms with Crippen LogP contribution in [-0.2, 0) is 11.0 Å². The molecule has 0 bridgehead atoms. The van der Waals surface area contributed by atoms with Gasteiger partial charge in [-0.15, -0.1) is 0 Å². The van der Waals surface area contributed by atoms with Crippen molar-refractivity contribution in [2.45, 2.75) is 25.1 Å². The zero-order valence-electron chi connectivity index (χ0n) is 12.6. The van der Waals surface area contributed by atoms with Crippen molar-refractivity contribution in [3.8, 4) is 6.07 Å². The number of hydrogen-bond acceptors (Lipinski definition) is 3. The van der Waals surface area contributed by atoms with Crippen LogP contribution in [0.4, 0.5) is 18.9 Å². The molecule has 0 aliphatic carbocycles. The highest BCUT2D eigenvalue weighted by atomic mass is 19.4. The number of carbonyl (C=O) groups excluding carboxylic acids is 1. The van der Waals surface area contributed by atoms with Crippen LogP contribution in [0.3, 0.4) is 0 Å². The van der Waals surface area contributed by atoms with E-state index in [4.69, 9.17) is 5.26 Å². The van der Waals surface area contributed by atoms with Crippen LogP contribution in [0.5, 0.6) is 0 Å². The Kier molecular flexibility index (Phi) is 3.71. The van der Waals surface area contributed by atoms with Crippen LogP contribution in [0.25, 0.3) is 0 Å². The minimum absolute atomic E-state index is 0.0375. The number of carbonyl (C=O) groups is 1. The molecule has 2 heterocycles. The highest BCUT2D eigenvalue weighted by Gasteiger charge is 2.44. The minimum Gasteiger partial charge on any atom is -0.366 e. The SMILES string of the molecule is CN1C[C@@H]2[C@@H](CCCN2c2ccc(C(F)(F)F)c(C#N)c2)C1=O. The average molecular weight is 323 g/mol. The molecule has 0 radical (unpaired) electrons. The summed E-state index contributed by atoms with van der Waals surface area (Å²) in [4.78, 5) is 15.8. The minimum atomic E-state index is -4.54. The highest BCUT2D eigenvalue weighted by molar-refractivity contribution is 5.83. The Labute approximate surface area is 132 Å². The first-order chi connectivity index (χ1) is 10.8. The predicted molar refractivity (Wildman–Crippen MR) is 77.7 cm³/mol. The van der Waals surface area contributed by atoms with Crippen molar-refractivity contribution in [3.63, 3.8) is 0 Å². The molecule has 122 valence electrons. The summed E-state index contributed by atoms with van der Waals surface area (Å²) in [6, 6.07) is 5.24. The molecular formula is C16H16F3N3O. The van der Waals surface area contributed by atoms with Gasteiger partial charge in [-0.3, -0.25) is 4.79 Å². The van der Waals surface area contributed by atoms with Crippen LogP contribution < -0.4 is 4.90 Å². The maximum atomic E-state index is 12.9. The van der Waals surface area contributed by atoms with Crippen LogP contribution in [0.2, 0.25) is 0 Å². The van der Waals surface area contributed by atoms with E-state index in [1.165, 1.54) is 12.1 Å². The monoisotopic (exact) mass is 323 g/mol. The first-order valence-corrected chi connectivity index (χ1v) is 7.46. The zero-order valence-corrected chi connectivity index (χ0v) is 12.6. The molecule has 2 aliphatic rings. The average Bonchev–Trinajstić information content (AvgIpc) is 2.81. The van der Waals surface area contributed by atoms with E-state index in [-0.39, 0.29) is 23.4 Å². The standard InChI is InChI=1S/C16H16F3N3O/c1-21-9-14-12(15(21)23)3-2-6-22(14)11-4-5-13(16(17,18)19)10(7-11)8-20/h4-5,7,12,14H,2-3,6,9H2,1H3/t12-,14-/m1/s1. The number of hydrogen-bond donors (Lipinski definition) is 0. The molecule has 2 saturated heterocycles. The van der Waals surface area contributed by atoms with Crippen LogP contribution in [0.1, 0.15) is 24.0 Å². The fourth-order valence-corrected chi connectivity index (χ4v) is 3.60. The summed E-state index contributed by atoms with van der Waals surface area (Å²) >= 11 is 0. The summed E-state index contributed by atoms with van der Waals surface area (Å²) in [5, 5.41) is 9.05. The smallest absolute Gasteiger partial charge is 0.366 e. The number of rotatable bonds is 1. The lowest BCUT2D eigenvalue weighted by Gasteiger charge is -2.38. The first kappa shape index (κ1) is 15.7. The van der Waals surface area contributed by atoms with Crippen LogP contribution in [0, 0.1) is 17.2 Å². The normalized spacial score (nSPS) is 24.6. The number of likely N-dealkylation sites (tertiary alicyclic amines) is 1. The van der Waals surface area contributed by atoms with Crippen molar-refractivity contribution in [3.05, 3.63) is 29.3 Å². The van der Waals surface area contributed by atoms with E-state index in [9.17, 15) is 18.0 Å². The van der Waals surface area contributed by atoms with Crippen LogP contribution in [-0.4, -0.2) is 37.0 Å². The lowest BCUT2D eigenvalue weighted by molar-refractivity contribution is -0.137. The zero-order chi connectivity index (χ0) is 16.8. The second-order valence-electron chi connectivity index (χ2n) is 6.07. The number of piperidine rings is 1. The summed E-state index contributed by atoms with van der Waals surface area (Å²) in [5.74, 6) is -0.0197. The number of nitriles is 1. The van der Waals surface area contributed by atoms with E-state index < -0.39 is 11.7 Å². The van der Waals surface area contributed by atoms with E-state index in [0.717, 1.165) is 18.9 Å². The Morgan fingerprint density at radius 2 is 2.09 bits per heavy atom. The fourth-order valence-electron chi connectivity index (χ4n) is 3.60. The largest absolute Gasteiger partial charge is 0.417 e. The predicted octanol–water partition coefficient (Wildman–Crippen LogP) is 2.63. The Bertz CT molecular complexity index is 680. The second-order valence-corrected chi connectivity index (χ2v) is 6.07. The number of halogens is 3. The van der Waals surface area contributed by atoms with Gasteiger partial charge in [0.25, 0.3) is 0 Å². The van der Waals surface area contributed by atoms with Crippen molar-refractivity contribution in [2.75, 3.05) is 25.0 Å². The van der Waals surface area contributed by atoms with Crippen LogP contribution >= 0.6 is 0 Å². The molecule has 3 rings (SSSR count). The summed E-state index contributed by atoms with van der Waals surface area (Å²) in [5.41, 5.74) is -0.723. The summed E-state index contributed by atoms with van der Waals surface area (Å²) in [6.07, 6.45) is -2.93. The molecule has 2 aliphatic heterocycles. The number of anilines is 1. The molecule has 7 heteroatoms. The van der Waals surface area contributed by atoms with E-state index >= 15 is 0 Å². The third-order valence-corrected chi connectivity index (χ3v) is 4.69. The van der Waals surface area contributed by atoms with Crippen molar-refractivity contribution in [2.24, 2.45) is 5.92 Å². The van der Waals surface area contributed by atoms with E-state index in [1.807, 2.05) is 4.90 Å². The molecule has 23 heavy (non-hydrogen) atoms. The van der Waals surface area contributed by atoms with Gasteiger partial charge >= 0.3 is 6.18 Å². The van der Waals surface area contributed by atoms with E-state index in [2.05, 4.69) is 0 Å². The first-order valence-electron chi connectivity index (χ1n) is 7.46. The Balaban J connectivity index is 1.96. The van der Waals surface area contributed by atoms with Gasteiger partial charge in [-0.25, -0.2) is 0 Å². The third-order valence-electron chi connectivity index (χ3n) is 4.69. The summed E-state index contributed by atoms with van der Waals surface area (Å²) in [7, 11) is 1.74. The molecule has 0 unspecified atom stereocenters. The lowest BCUT2D eigenvalue weighted by Crippen LogP contribution is -2.45. The molecule has 0 aromatic heterocycles. The van der Waals surface area contributed by atoms with Gasteiger partial charge in [-0.2, -0.15) is 18.4 Å². The third kappa shape index (κ3) is 2.62. The molecule has 2 atom stereocenters. The van der Waals surface area contributed by atoms with Gasteiger partial charge in [-0.05, 0) is 31.0 Å².